The molecule has 0 aromatic heterocycles. The zero-order valence-electron chi connectivity index (χ0n) is 13.0. The standard InChI is InChI=1S/C9H10BrNO.C9H8BrNO/c2*10-7-2-1-3-8(4-7)11-5-9(12)6-11/h1-4,9,12H,5-6H2;1-4H,5-6H2. The first kappa shape index (κ1) is 17.5. The fraction of sp³-hybridized carbons (Fsp3) is 0.278. The summed E-state index contributed by atoms with van der Waals surface area (Å²) in [5.41, 5.74) is 2.29. The fourth-order valence-corrected chi connectivity index (χ4v) is 3.35. The molecule has 2 heterocycles. The normalized spacial score (nSPS) is 16.9. The minimum Gasteiger partial charge on any atom is -0.389 e. The maximum atomic E-state index is 10.7. The molecule has 126 valence electrons. The fourth-order valence-electron chi connectivity index (χ4n) is 2.57. The predicted octanol–water partition coefficient (Wildman–Crippen LogP) is 3.47. The molecule has 0 radical (unpaired) electrons. The van der Waals surface area contributed by atoms with Gasteiger partial charge in [-0.3, -0.25) is 4.79 Å². The minimum atomic E-state index is -0.135. The Bertz CT molecular complexity index is 724. The highest BCUT2D eigenvalue weighted by Crippen LogP contribution is 2.24. The highest BCUT2D eigenvalue weighted by molar-refractivity contribution is 9.10. The molecule has 2 saturated heterocycles. The lowest BCUT2D eigenvalue weighted by molar-refractivity contribution is -0.119. The minimum absolute atomic E-state index is 0.135. The topological polar surface area (TPSA) is 43.8 Å². The van der Waals surface area contributed by atoms with E-state index in [9.17, 15) is 4.79 Å². The number of nitrogens with zero attached hydrogens (tertiary/aromatic N) is 2. The Labute approximate surface area is 158 Å². The molecule has 0 amide bonds. The first-order valence-corrected chi connectivity index (χ1v) is 9.30. The molecule has 0 bridgehead atoms. The van der Waals surface area contributed by atoms with Gasteiger partial charge in [-0.05, 0) is 36.4 Å². The van der Waals surface area contributed by atoms with Gasteiger partial charge in [0.05, 0.1) is 19.2 Å². The van der Waals surface area contributed by atoms with Crippen LogP contribution in [0, 0.1) is 0 Å². The molecule has 1 N–H and O–H groups in total. The summed E-state index contributed by atoms with van der Waals surface area (Å²) in [5, 5.41) is 9.10. The van der Waals surface area contributed by atoms with Gasteiger partial charge in [0.25, 0.3) is 0 Å². The Morgan fingerprint density at radius 1 is 0.875 bits per heavy atom. The Kier molecular flexibility index (Phi) is 5.58. The number of halogens is 2. The number of hydrogen-bond acceptors (Lipinski definition) is 4. The third kappa shape index (κ3) is 4.37. The summed E-state index contributed by atoms with van der Waals surface area (Å²) >= 11 is 6.80. The largest absolute Gasteiger partial charge is 0.389 e. The van der Waals surface area contributed by atoms with Crippen molar-refractivity contribution in [3.8, 4) is 0 Å². The van der Waals surface area contributed by atoms with Crippen LogP contribution in [-0.4, -0.2) is 43.2 Å². The number of benzene rings is 2. The Morgan fingerprint density at radius 3 is 1.79 bits per heavy atom. The first-order chi connectivity index (χ1) is 11.5. The van der Waals surface area contributed by atoms with E-state index in [1.54, 1.807) is 0 Å². The van der Waals surface area contributed by atoms with Crippen LogP contribution in [0.15, 0.2) is 57.5 Å². The lowest BCUT2D eigenvalue weighted by atomic mass is 10.1. The molecule has 0 spiro atoms. The van der Waals surface area contributed by atoms with Crippen LogP contribution in [-0.2, 0) is 4.79 Å². The van der Waals surface area contributed by atoms with E-state index in [0.717, 1.165) is 27.7 Å². The van der Waals surface area contributed by atoms with Crippen molar-refractivity contribution < 1.29 is 9.90 Å². The van der Waals surface area contributed by atoms with Crippen LogP contribution in [0.1, 0.15) is 0 Å². The third-order valence-corrected chi connectivity index (χ3v) is 4.93. The van der Waals surface area contributed by atoms with Gasteiger partial charge >= 0.3 is 0 Å². The average Bonchev–Trinajstić information content (AvgIpc) is 2.49. The lowest BCUT2D eigenvalue weighted by Gasteiger charge is -2.37. The van der Waals surface area contributed by atoms with Gasteiger partial charge in [0, 0.05) is 33.4 Å². The second-order valence-electron chi connectivity index (χ2n) is 5.91. The number of aliphatic hydroxyl groups is 1. The zero-order chi connectivity index (χ0) is 17.1. The van der Waals surface area contributed by atoms with E-state index in [2.05, 4.69) is 48.9 Å². The number of hydrogen-bond donors (Lipinski definition) is 1. The van der Waals surface area contributed by atoms with E-state index in [1.807, 2.05) is 41.3 Å². The predicted molar refractivity (Wildman–Crippen MR) is 104 cm³/mol. The van der Waals surface area contributed by atoms with Gasteiger partial charge in [0.15, 0.2) is 5.78 Å². The number of ketones is 1. The Hall–Kier alpha value is -1.37. The Morgan fingerprint density at radius 2 is 1.38 bits per heavy atom. The van der Waals surface area contributed by atoms with Gasteiger partial charge in [0.1, 0.15) is 0 Å². The van der Waals surface area contributed by atoms with Crippen molar-refractivity contribution in [1.29, 1.82) is 0 Å². The SMILES string of the molecule is O=C1CN(c2cccc(Br)c2)C1.OC1CN(c2cccc(Br)c2)C1. The maximum Gasteiger partial charge on any atom is 0.171 e. The molecular formula is C18H18Br2N2O2. The highest BCUT2D eigenvalue weighted by atomic mass is 79.9. The summed E-state index contributed by atoms with van der Waals surface area (Å²) in [6.07, 6.45) is -0.135. The molecule has 2 aliphatic heterocycles. The number of Topliss-reactive ketones (excluding diaryl/α,β-unsaturated/α-hetero) is 1. The summed E-state index contributed by atoms with van der Waals surface area (Å²) in [6, 6.07) is 16.1. The van der Waals surface area contributed by atoms with Crippen molar-refractivity contribution in [1.82, 2.24) is 0 Å². The molecule has 4 rings (SSSR count). The molecule has 0 unspecified atom stereocenters. The Balaban J connectivity index is 0.000000141. The van der Waals surface area contributed by atoms with Crippen LogP contribution in [0.3, 0.4) is 0 Å². The van der Waals surface area contributed by atoms with E-state index < -0.39 is 0 Å². The number of β-amino-alcohol motifs (C(OH)–C–C–N with tert-alkyl or cyclic N) is 1. The third-order valence-electron chi connectivity index (χ3n) is 3.94. The van der Waals surface area contributed by atoms with Gasteiger partial charge in [-0.15, -0.1) is 0 Å². The summed E-state index contributed by atoms with van der Waals surface area (Å²) < 4.78 is 2.14. The van der Waals surface area contributed by atoms with E-state index in [0.29, 0.717) is 18.9 Å². The number of carbonyl (C=O) groups excluding carboxylic acids is 1. The van der Waals surface area contributed by atoms with Crippen molar-refractivity contribution in [3.63, 3.8) is 0 Å². The van der Waals surface area contributed by atoms with Crippen LogP contribution in [0.25, 0.3) is 0 Å². The van der Waals surface area contributed by atoms with Gasteiger partial charge in [0.2, 0.25) is 0 Å². The molecule has 2 aromatic carbocycles. The summed E-state index contributed by atoms with van der Waals surface area (Å²) in [5.74, 6) is 0.315. The van der Waals surface area contributed by atoms with Crippen molar-refractivity contribution in [2.45, 2.75) is 6.10 Å². The summed E-state index contributed by atoms with van der Waals surface area (Å²) in [7, 11) is 0. The molecule has 2 aromatic rings. The van der Waals surface area contributed by atoms with Crippen LogP contribution in [0.2, 0.25) is 0 Å². The summed E-state index contributed by atoms with van der Waals surface area (Å²) in [4.78, 5) is 14.9. The monoisotopic (exact) mass is 452 g/mol. The average molecular weight is 454 g/mol. The maximum absolute atomic E-state index is 10.7. The first-order valence-electron chi connectivity index (χ1n) is 7.72. The number of aliphatic hydroxyl groups excluding tert-OH is 1. The van der Waals surface area contributed by atoms with E-state index >= 15 is 0 Å². The van der Waals surface area contributed by atoms with E-state index in [4.69, 9.17) is 5.11 Å². The molecule has 0 aliphatic carbocycles. The van der Waals surface area contributed by atoms with Crippen molar-refractivity contribution in [2.24, 2.45) is 0 Å². The molecule has 2 aliphatic rings. The second kappa shape index (κ2) is 7.68. The van der Waals surface area contributed by atoms with Gasteiger partial charge in [-0.2, -0.15) is 0 Å². The molecule has 0 saturated carbocycles. The number of carbonyl (C=O) groups is 1. The summed E-state index contributed by atoms with van der Waals surface area (Å²) in [6.45, 7) is 2.65. The van der Waals surface area contributed by atoms with E-state index in [1.165, 1.54) is 5.69 Å². The van der Waals surface area contributed by atoms with Crippen LogP contribution < -0.4 is 9.80 Å². The zero-order valence-corrected chi connectivity index (χ0v) is 16.2. The molecular weight excluding hydrogens is 436 g/mol. The van der Waals surface area contributed by atoms with Crippen molar-refractivity contribution in [3.05, 3.63) is 57.5 Å². The van der Waals surface area contributed by atoms with Crippen LogP contribution >= 0.6 is 31.9 Å². The van der Waals surface area contributed by atoms with Crippen LogP contribution in [0.5, 0.6) is 0 Å². The molecule has 0 atom stereocenters. The number of anilines is 2. The van der Waals surface area contributed by atoms with Crippen molar-refractivity contribution in [2.75, 3.05) is 36.0 Å². The van der Waals surface area contributed by atoms with Gasteiger partial charge in [-0.1, -0.05) is 44.0 Å². The molecule has 24 heavy (non-hydrogen) atoms. The molecule has 4 nitrogen and oxygen atoms in total. The van der Waals surface area contributed by atoms with Gasteiger partial charge < -0.3 is 14.9 Å². The second-order valence-corrected chi connectivity index (χ2v) is 7.74. The van der Waals surface area contributed by atoms with Crippen molar-refractivity contribution >= 4 is 49.0 Å². The van der Waals surface area contributed by atoms with E-state index in [-0.39, 0.29) is 6.10 Å². The molecule has 6 heteroatoms. The smallest absolute Gasteiger partial charge is 0.171 e. The van der Waals surface area contributed by atoms with Crippen LogP contribution in [0.4, 0.5) is 11.4 Å². The lowest BCUT2D eigenvalue weighted by Crippen LogP contribution is -2.50. The number of rotatable bonds is 2. The quantitative estimate of drug-likeness (QED) is 0.756. The highest BCUT2D eigenvalue weighted by Gasteiger charge is 2.24. The van der Waals surface area contributed by atoms with Gasteiger partial charge in [-0.25, -0.2) is 0 Å². The molecule has 2 fully saturated rings.